The minimum atomic E-state index is -0.449. The number of esters is 1. The largest absolute Gasteiger partial charge is 0.504 e. The van der Waals surface area contributed by atoms with Gasteiger partial charge in [-0.25, -0.2) is 0 Å². The standard InChI is InChI=1S/C11H11NO3/c1-2-4-10(14)15-11-8(7-12)5-3-6-9(11)13/h3,5-6,13H,2,4H2,1H3. The van der Waals surface area contributed by atoms with Gasteiger partial charge in [0.25, 0.3) is 0 Å². The highest BCUT2D eigenvalue weighted by Crippen LogP contribution is 2.29. The van der Waals surface area contributed by atoms with E-state index in [-0.39, 0.29) is 23.5 Å². The molecule has 0 radical (unpaired) electrons. The molecule has 0 saturated carbocycles. The third-order valence-electron chi connectivity index (χ3n) is 1.78. The second kappa shape index (κ2) is 5.01. The van der Waals surface area contributed by atoms with E-state index >= 15 is 0 Å². The van der Waals surface area contributed by atoms with Crippen molar-refractivity contribution in [3.8, 4) is 17.6 Å². The third-order valence-corrected chi connectivity index (χ3v) is 1.78. The monoisotopic (exact) mass is 205 g/mol. The molecular weight excluding hydrogens is 194 g/mol. The lowest BCUT2D eigenvalue weighted by atomic mass is 10.2. The topological polar surface area (TPSA) is 70.3 Å². The zero-order chi connectivity index (χ0) is 11.3. The lowest BCUT2D eigenvalue weighted by Crippen LogP contribution is -2.08. The summed E-state index contributed by atoms with van der Waals surface area (Å²) in [6.45, 7) is 1.84. The Morgan fingerprint density at radius 3 is 2.93 bits per heavy atom. The summed E-state index contributed by atoms with van der Waals surface area (Å²) >= 11 is 0. The van der Waals surface area contributed by atoms with Crippen LogP contribution in [-0.2, 0) is 4.79 Å². The molecule has 0 unspecified atom stereocenters. The number of nitrogens with zero attached hydrogens (tertiary/aromatic N) is 1. The number of ether oxygens (including phenoxy) is 1. The Morgan fingerprint density at radius 2 is 2.33 bits per heavy atom. The van der Waals surface area contributed by atoms with Crippen molar-refractivity contribution >= 4 is 5.97 Å². The van der Waals surface area contributed by atoms with Gasteiger partial charge in [-0.15, -0.1) is 0 Å². The lowest BCUT2D eigenvalue weighted by molar-refractivity contribution is -0.134. The number of aromatic hydroxyl groups is 1. The van der Waals surface area contributed by atoms with Crippen molar-refractivity contribution in [2.45, 2.75) is 19.8 Å². The predicted octanol–water partition coefficient (Wildman–Crippen LogP) is 1.97. The van der Waals surface area contributed by atoms with E-state index in [4.69, 9.17) is 10.00 Å². The molecule has 1 N–H and O–H groups in total. The number of benzene rings is 1. The number of rotatable bonds is 3. The number of carbonyl (C=O) groups excluding carboxylic acids is 1. The maximum absolute atomic E-state index is 11.2. The number of phenolic OH excluding ortho intramolecular Hbond substituents is 1. The van der Waals surface area contributed by atoms with Crippen molar-refractivity contribution in [1.82, 2.24) is 0 Å². The molecule has 0 bridgehead atoms. The smallest absolute Gasteiger partial charge is 0.311 e. The summed E-state index contributed by atoms with van der Waals surface area (Å²) in [6, 6.07) is 6.22. The van der Waals surface area contributed by atoms with Crippen LogP contribution in [0.2, 0.25) is 0 Å². The van der Waals surface area contributed by atoms with Crippen LogP contribution in [0.4, 0.5) is 0 Å². The molecule has 1 aromatic rings. The van der Waals surface area contributed by atoms with Gasteiger partial charge in [0, 0.05) is 6.42 Å². The molecule has 0 atom stereocenters. The molecule has 4 nitrogen and oxygen atoms in total. The van der Waals surface area contributed by atoms with Crippen LogP contribution >= 0.6 is 0 Å². The van der Waals surface area contributed by atoms with E-state index in [0.29, 0.717) is 6.42 Å². The summed E-state index contributed by atoms with van der Waals surface area (Å²) in [5.41, 5.74) is 0.152. The van der Waals surface area contributed by atoms with E-state index < -0.39 is 5.97 Å². The number of hydrogen-bond acceptors (Lipinski definition) is 4. The SMILES string of the molecule is CCCC(=O)Oc1c(O)cccc1C#N. The molecule has 0 aliphatic carbocycles. The molecule has 1 rings (SSSR count). The fourth-order valence-electron chi connectivity index (χ4n) is 1.09. The van der Waals surface area contributed by atoms with E-state index in [1.807, 2.05) is 13.0 Å². The van der Waals surface area contributed by atoms with Crippen LogP contribution in [-0.4, -0.2) is 11.1 Å². The van der Waals surface area contributed by atoms with E-state index in [0.717, 1.165) is 0 Å². The molecule has 0 spiro atoms. The minimum Gasteiger partial charge on any atom is -0.504 e. The first kappa shape index (κ1) is 11.1. The molecule has 0 amide bonds. The van der Waals surface area contributed by atoms with Gasteiger partial charge >= 0.3 is 5.97 Å². The van der Waals surface area contributed by atoms with Crippen molar-refractivity contribution in [2.24, 2.45) is 0 Å². The van der Waals surface area contributed by atoms with E-state index in [2.05, 4.69) is 0 Å². The molecule has 0 aromatic heterocycles. The van der Waals surface area contributed by atoms with Crippen molar-refractivity contribution in [2.75, 3.05) is 0 Å². The summed E-state index contributed by atoms with van der Waals surface area (Å²) in [5, 5.41) is 18.1. The second-order valence-corrected chi connectivity index (χ2v) is 2.99. The number of para-hydroxylation sites is 1. The Kier molecular flexibility index (Phi) is 3.69. The Labute approximate surface area is 87.7 Å². The van der Waals surface area contributed by atoms with Crippen LogP contribution in [0.1, 0.15) is 25.3 Å². The van der Waals surface area contributed by atoms with Gasteiger partial charge in [-0.3, -0.25) is 4.79 Å². The van der Waals surface area contributed by atoms with Crippen molar-refractivity contribution < 1.29 is 14.6 Å². The maximum atomic E-state index is 11.2. The molecule has 0 aliphatic rings. The first-order valence-electron chi connectivity index (χ1n) is 4.61. The molecule has 0 fully saturated rings. The van der Waals surface area contributed by atoms with Crippen molar-refractivity contribution in [3.63, 3.8) is 0 Å². The number of phenols is 1. The summed E-state index contributed by atoms with van der Waals surface area (Å²) in [7, 11) is 0. The van der Waals surface area contributed by atoms with Crippen LogP contribution in [0.25, 0.3) is 0 Å². The summed E-state index contributed by atoms with van der Waals surface area (Å²) in [4.78, 5) is 11.2. The lowest BCUT2D eigenvalue weighted by Gasteiger charge is -2.06. The van der Waals surface area contributed by atoms with Crippen molar-refractivity contribution in [1.29, 1.82) is 5.26 Å². The molecule has 1 aromatic carbocycles. The Morgan fingerprint density at radius 1 is 1.60 bits per heavy atom. The van der Waals surface area contributed by atoms with Gasteiger partial charge in [0.1, 0.15) is 6.07 Å². The molecule has 0 saturated heterocycles. The summed E-state index contributed by atoms with van der Waals surface area (Å²) in [5.74, 6) is -0.701. The molecular formula is C11H11NO3. The van der Waals surface area contributed by atoms with Gasteiger partial charge < -0.3 is 9.84 Å². The highest BCUT2D eigenvalue weighted by Gasteiger charge is 2.12. The molecule has 4 heteroatoms. The summed E-state index contributed by atoms with van der Waals surface area (Å²) < 4.78 is 4.90. The Hall–Kier alpha value is -2.02. The van der Waals surface area contributed by atoms with Gasteiger partial charge in [0.05, 0.1) is 5.56 Å². The zero-order valence-corrected chi connectivity index (χ0v) is 8.36. The molecule has 0 heterocycles. The van der Waals surface area contributed by atoms with Gasteiger partial charge in [-0.05, 0) is 18.6 Å². The molecule has 0 aliphatic heterocycles. The van der Waals surface area contributed by atoms with Gasteiger partial charge in [-0.1, -0.05) is 13.0 Å². The van der Waals surface area contributed by atoms with E-state index in [9.17, 15) is 9.90 Å². The normalized spacial score (nSPS) is 9.33. The third kappa shape index (κ3) is 2.71. The minimum absolute atomic E-state index is 0.0570. The predicted molar refractivity (Wildman–Crippen MR) is 53.4 cm³/mol. The average molecular weight is 205 g/mol. The van der Waals surface area contributed by atoms with E-state index in [1.54, 1.807) is 0 Å². The Bertz CT molecular complexity index is 407. The molecule has 78 valence electrons. The van der Waals surface area contributed by atoms with Crippen LogP contribution in [0.3, 0.4) is 0 Å². The second-order valence-electron chi connectivity index (χ2n) is 2.99. The first-order chi connectivity index (χ1) is 7.19. The quantitative estimate of drug-likeness (QED) is 0.605. The summed E-state index contributed by atoms with van der Waals surface area (Å²) in [6.07, 6.45) is 0.924. The first-order valence-corrected chi connectivity index (χ1v) is 4.61. The van der Waals surface area contributed by atoms with Gasteiger partial charge in [0.15, 0.2) is 11.5 Å². The van der Waals surface area contributed by atoms with Crippen LogP contribution in [0.15, 0.2) is 18.2 Å². The highest BCUT2D eigenvalue weighted by atomic mass is 16.5. The zero-order valence-electron chi connectivity index (χ0n) is 8.36. The van der Waals surface area contributed by atoms with Crippen LogP contribution in [0, 0.1) is 11.3 Å². The fourth-order valence-corrected chi connectivity index (χ4v) is 1.09. The molecule has 15 heavy (non-hydrogen) atoms. The van der Waals surface area contributed by atoms with Gasteiger partial charge in [0.2, 0.25) is 0 Å². The number of carbonyl (C=O) groups is 1. The van der Waals surface area contributed by atoms with Crippen LogP contribution in [0.5, 0.6) is 11.5 Å². The number of nitriles is 1. The average Bonchev–Trinajstić information content (AvgIpc) is 2.21. The van der Waals surface area contributed by atoms with Gasteiger partial charge in [-0.2, -0.15) is 5.26 Å². The van der Waals surface area contributed by atoms with Crippen molar-refractivity contribution in [3.05, 3.63) is 23.8 Å². The van der Waals surface area contributed by atoms with E-state index in [1.165, 1.54) is 18.2 Å². The number of hydrogen-bond donors (Lipinski definition) is 1. The Balaban J connectivity index is 2.94. The highest BCUT2D eigenvalue weighted by molar-refractivity contribution is 5.74. The van der Waals surface area contributed by atoms with Crippen LogP contribution < -0.4 is 4.74 Å². The maximum Gasteiger partial charge on any atom is 0.311 e. The fraction of sp³-hybridized carbons (Fsp3) is 0.273.